The molecule has 0 radical (unpaired) electrons. The molecule has 1 N–H and O–H groups in total. The van der Waals surface area contributed by atoms with E-state index < -0.39 is 0 Å². The third-order valence-electron chi connectivity index (χ3n) is 5.55. The number of rotatable bonds is 3. The number of quaternary nitrogens is 1. The van der Waals surface area contributed by atoms with Gasteiger partial charge in [0.2, 0.25) is 5.78 Å². The average Bonchev–Trinajstić information content (AvgIpc) is 3.16. The topological polar surface area (TPSA) is 53.8 Å². The van der Waals surface area contributed by atoms with Gasteiger partial charge in [-0.05, 0) is 56.2 Å². The molecule has 0 aliphatic carbocycles. The van der Waals surface area contributed by atoms with E-state index in [0.717, 1.165) is 17.0 Å². The lowest BCUT2D eigenvalue weighted by Crippen LogP contribution is -3.14. The molecule has 26 heavy (non-hydrogen) atoms. The van der Waals surface area contributed by atoms with E-state index in [0.29, 0.717) is 35.2 Å². The van der Waals surface area contributed by atoms with E-state index in [9.17, 15) is 9.90 Å². The minimum atomic E-state index is -0.129. The number of benzene rings is 1. The number of allylic oxidation sites excluding steroid dienone is 1. The molecule has 4 nitrogen and oxygen atoms in total. The van der Waals surface area contributed by atoms with Crippen molar-refractivity contribution >= 4 is 23.2 Å². The van der Waals surface area contributed by atoms with Crippen LogP contribution in [0.3, 0.4) is 0 Å². The summed E-state index contributed by atoms with van der Waals surface area (Å²) in [5, 5.41) is 14.5. The van der Waals surface area contributed by atoms with Crippen LogP contribution < -0.4 is 14.7 Å². The van der Waals surface area contributed by atoms with Crippen molar-refractivity contribution < 1.29 is 19.5 Å². The van der Waals surface area contributed by atoms with Crippen molar-refractivity contribution in [2.24, 2.45) is 0 Å². The molecular formula is C21H23NO3S. The van der Waals surface area contributed by atoms with Crippen LogP contribution in [0.15, 0.2) is 29.3 Å². The molecule has 1 fully saturated rings. The molecule has 0 spiro atoms. The standard InChI is InChI=1S/C21H23NO3S/c1-13-8-10-26-19(13)11-18-20(24)15-6-7-17(23)16(21(15)25-18)12-22-9-4-3-5-14(22)2/h6-8,10-11,14,23H,3-5,9,12H2,1-2H3. The van der Waals surface area contributed by atoms with Gasteiger partial charge in [-0.2, -0.15) is 0 Å². The molecule has 2 atom stereocenters. The van der Waals surface area contributed by atoms with E-state index in [1.807, 2.05) is 18.4 Å². The Labute approximate surface area is 157 Å². The number of thiophene rings is 1. The second-order valence-electron chi connectivity index (χ2n) is 7.31. The number of ketones is 1. The summed E-state index contributed by atoms with van der Waals surface area (Å²) in [6.45, 7) is 5.94. The van der Waals surface area contributed by atoms with Gasteiger partial charge in [0.15, 0.2) is 5.76 Å². The van der Waals surface area contributed by atoms with E-state index >= 15 is 0 Å². The second-order valence-corrected chi connectivity index (χ2v) is 8.26. The predicted octanol–water partition coefficient (Wildman–Crippen LogP) is 2.70. The van der Waals surface area contributed by atoms with Gasteiger partial charge in [0.05, 0.1) is 18.2 Å². The Kier molecular flexibility index (Phi) is 4.59. The number of carbonyl (C=O) groups excluding carboxylic acids is 1. The zero-order chi connectivity index (χ0) is 18.3. The van der Waals surface area contributed by atoms with Crippen LogP contribution in [0.4, 0.5) is 0 Å². The molecule has 2 unspecified atom stereocenters. The minimum Gasteiger partial charge on any atom is -0.872 e. The number of likely N-dealkylation sites (tertiary alicyclic amines) is 1. The van der Waals surface area contributed by atoms with Gasteiger partial charge in [-0.25, -0.2) is 0 Å². The van der Waals surface area contributed by atoms with E-state index in [1.54, 1.807) is 23.5 Å². The highest BCUT2D eigenvalue weighted by molar-refractivity contribution is 7.11. The van der Waals surface area contributed by atoms with Crippen LogP contribution in [0.2, 0.25) is 0 Å². The van der Waals surface area contributed by atoms with Crippen molar-refractivity contribution in [1.82, 2.24) is 0 Å². The lowest BCUT2D eigenvalue weighted by atomic mass is 10.0. The smallest absolute Gasteiger partial charge is 0.232 e. The van der Waals surface area contributed by atoms with Crippen molar-refractivity contribution in [3.8, 4) is 11.5 Å². The number of aryl methyl sites for hydroxylation is 1. The van der Waals surface area contributed by atoms with Crippen molar-refractivity contribution in [2.75, 3.05) is 6.54 Å². The Morgan fingerprint density at radius 2 is 2.19 bits per heavy atom. The fourth-order valence-electron chi connectivity index (χ4n) is 3.85. The lowest BCUT2D eigenvalue weighted by molar-refractivity contribution is -0.942. The first-order valence-corrected chi connectivity index (χ1v) is 10.1. The van der Waals surface area contributed by atoms with Gasteiger partial charge in [-0.1, -0.05) is 11.8 Å². The molecular weight excluding hydrogens is 346 g/mol. The van der Waals surface area contributed by atoms with Gasteiger partial charge in [0, 0.05) is 16.5 Å². The summed E-state index contributed by atoms with van der Waals surface area (Å²) >= 11 is 1.58. The van der Waals surface area contributed by atoms with Gasteiger partial charge in [0.25, 0.3) is 0 Å². The van der Waals surface area contributed by atoms with Crippen LogP contribution >= 0.6 is 11.3 Å². The fraction of sp³-hybridized carbons (Fsp3) is 0.381. The quantitative estimate of drug-likeness (QED) is 0.847. The van der Waals surface area contributed by atoms with Gasteiger partial charge in [-0.3, -0.25) is 4.79 Å². The molecule has 1 aromatic carbocycles. The number of nitrogens with one attached hydrogen (secondary N) is 1. The highest BCUT2D eigenvalue weighted by Gasteiger charge is 2.32. The zero-order valence-electron chi connectivity index (χ0n) is 15.1. The number of carbonyl (C=O) groups is 1. The summed E-state index contributed by atoms with van der Waals surface area (Å²) in [6, 6.07) is 5.68. The predicted molar refractivity (Wildman–Crippen MR) is 101 cm³/mol. The molecule has 0 saturated carbocycles. The van der Waals surface area contributed by atoms with Crippen LogP contribution in [0.1, 0.15) is 52.5 Å². The van der Waals surface area contributed by atoms with Crippen molar-refractivity contribution in [3.05, 3.63) is 50.9 Å². The Morgan fingerprint density at radius 1 is 1.35 bits per heavy atom. The Hall–Kier alpha value is -2.11. The number of ether oxygens (including phenoxy) is 1. The fourth-order valence-corrected chi connectivity index (χ4v) is 4.70. The van der Waals surface area contributed by atoms with Crippen LogP contribution in [0.25, 0.3) is 6.08 Å². The lowest BCUT2D eigenvalue weighted by Gasteiger charge is -2.31. The number of hydrogen-bond donors (Lipinski definition) is 1. The highest BCUT2D eigenvalue weighted by Crippen LogP contribution is 2.38. The largest absolute Gasteiger partial charge is 0.872 e. The molecule has 0 amide bonds. The number of hydrogen-bond acceptors (Lipinski definition) is 4. The van der Waals surface area contributed by atoms with Gasteiger partial charge < -0.3 is 14.7 Å². The first kappa shape index (κ1) is 17.3. The minimum absolute atomic E-state index is 0.0321. The summed E-state index contributed by atoms with van der Waals surface area (Å²) in [4.78, 5) is 15.2. The van der Waals surface area contributed by atoms with Gasteiger partial charge >= 0.3 is 0 Å². The van der Waals surface area contributed by atoms with Crippen molar-refractivity contribution in [3.63, 3.8) is 0 Å². The van der Waals surface area contributed by atoms with E-state index in [4.69, 9.17) is 4.74 Å². The summed E-state index contributed by atoms with van der Waals surface area (Å²) in [5.41, 5.74) is 2.28. The molecule has 2 aromatic rings. The van der Waals surface area contributed by atoms with Gasteiger partial charge in [0.1, 0.15) is 12.3 Å². The van der Waals surface area contributed by atoms with Gasteiger partial charge in [-0.15, -0.1) is 11.3 Å². The molecule has 2 aliphatic rings. The molecule has 2 aliphatic heterocycles. The first-order valence-electron chi connectivity index (χ1n) is 9.20. The zero-order valence-corrected chi connectivity index (χ0v) is 15.9. The van der Waals surface area contributed by atoms with Crippen LogP contribution in [-0.4, -0.2) is 18.4 Å². The summed E-state index contributed by atoms with van der Waals surface area (Å²) in [5.74, 6) is 0.637. The maximum Gasteiger partial charge on any atom is 0.232 e. The van der Waals surface area contributed by atoms with Crippen LogP contribution in [0, 0.1) is 6.92 Å². The summed E-state index contributed by atoms with van der Waals surface area (Å²) in [6.07, 6.45) is 5.42. The van der Waals surface area contributed by atoms with Crippen LogP contribution in [0.5, 0.6) is 11.5 Å². The molecule has 1 saturated heterocycles. The maximum atomic E-state index is 12.8. The molecule has 136 valence electrons. The third-order valence-corrected chi connectivity index (χ3v) is 6.51. The number of piperidine rings is 1. The maximum absolute atomic E-state index is 12.8. The summed E-state index contributed by atoms with van der Waals surface area (Å²) in [7, 11) is 0. The number of Topliss-reactive ketones (excluding diaryl/α,β-unsaturated/α-hetero) is 1. The Balaban J connectivity index is 1.67. The Morgan fingerprint density at radius 3 is 2.92 bits per heavy atom. The molecule has 4 rings (SSSR count). The monoisotopic (exact) mass is 369 g/mol. The molecule has 5 heteroatoms. The van der Waals surface area contributed by atoms with Crippen molar-refractivity contribution in [1.29, 1.82) is 0 Å². The number of fused-ring (bicyclic) bond motifs is 1. The summed E-state index contributed by atoms with van der Waals surface area (Å²) < 4.78 is 5.94. The van der Waals surface area contributed by atoms with E-state index in [2.05, 4.69) is 6.92 Å². The molecule has 1 aromatic heterocycles. The Bertz CT molecular complexity index is 883. The molecule has 0 bridgehead atoms. The first-order chi connectivity index (χ1) is 12.5. The normalized spacial score (nSPS) is 23.9. The SMILES string of the molecule is Cc1ccsc1C=C1Oc2c(ccc([O-])c2C[NH+]2CCCCC2C)C1=O. The third kappa shape index (κ3) is 3.06. The second kappa shape index (κ2) is 6.89. The van der Waals surface area contributed by atoms with E-state index in [1.165, 1.54) is 30.2 Å². The van der Waals surface area contributed by atoms with E-state index in [-0.39, 0.29) is 11.5 Å². The molecule has 3 heterocycles. The average molecular weight is 369 g/mol. The van der Waals surface area contributed by atoms with Crippen molar-refractivity contribution in [2.45, 2.75) is 45.7 Å². The highest BCUT2D eigenvalue weighted by atomic mass is 32.1. The van der Waals surface area contributed by atoms with Crippen LogP contribution in [-0.2, 0) is 6.54 Å².